The molecule has 1 aliphatic carbocycles. The summed E-state index contributed by atoms with van der Waals surface area (Å²) >= 11 is 0. The van der Waals surface area contributed by atoms with Gasteiger partial charge in [0.25, 0.3) is 0 Å². The van der Waals surface area contributed by atoms with Crippen molar-refractivity contribution in [2.75, 3.05) is 13.7 Å². The number of aryl methyl sites for hydroxylation is 2. The molecule has 2 N–H and O–H groups in total. The van der Waals surface area contributed by atoms with Crippen molar-refractivity contribution in [1.29, 1.82) is 0 Å². The van der Waals surface area contributed by atoms with Crippen LogP contribution in [0.25, 0.3) is 0 Å². The molecule has 0 radical (unpaired) electrons. The minimum Gasteiger partial charge on any atom is -0.493 e. The SMILES string of the molecule is CCNC(=NCc1ccc(OC)c(OC2CCCC2)c1)NCc1nc(C)c(C)o1. The van der Waals surface area contributed by atoms with Gasteiger partial charge in [0.15, 0.2) is 17.5 Å². The Morgan fingerprint density at radius 3 is 2.66 bits per heavy atom. The lowest BCUT2D eigenvalue weighted by atomic mass is 10.2. The maximum atomic E-state index is 6.19. The highest BCUT2D eigenvalue weighted by Gasteiger charge is 2.18. The van der Waals surface area contributed by atoms with Gasteiger partial charge in [-0.25, -0.2) is 9.98 Å². The predicted molar refractivity (Wildman–Crippen MR) is 114 cm³/mol. The van der Waals surface area contributed by atoms with Crippen LogP contribution in [0.5, 0.6) is 11.5 Å². The average molecular weight is 401 g/mol. The molecule has 1 aromatic carbocycles. The number of ether oxygens (including phenoxy) is 2. The number of aliphatic imine (C=N–C) groups is 1. The van der Waals surface area contributed by atoms with Crippen LogP contribution in [0.15, 0.2) is 27.6 Å². The summed E-state index contributed by atoms with van der Waals surface area (Å²) in [5, 5.41) is 6.52. The molecule has 29 heavy (non-hydrogen) atoms. The summed E-state index contributed by atoms with van der Waals surface area (Å²) in [5.41, 5.74) is 1.98. The molecule has 2 aromatic rings. The van der Waals surface area contributed by atoms with Gasteiger partial charge in [0.2, 0.25) is 5.89 Å². The van der Waals surface area contributed by atoms with Crippen LogP contribution < -0.4 is 20.1 Å². The lowest BCUT2D eigenvalue weighted by Gasteiger charge is -2.16. The molecule has 7 heteroatoms. The first-order chi connectivity index (χ1) is 14.1. The summed E-state index contributed by atoms with van der Waals surface area (Å²) in [5.74, 6) is 3.79. The zero-order chi connectivity index (χ0) is 20.6. The van der Waals surface area contributed by atoms with Gasteiger partial charge >= 0.3 is 0 Å². The summed E-state index contributed by atoms with van der Waals surface area (Å²) in [4.78, 5) is 9.08. The molecular formula is C22H32N4O3. The fraction of sp³-hybridized carbons (Fsp3) is 0.545. The van der Waals surface area contributed by atoms with Gasteiger partial charge in [0.05, 0.1) is 32.0 Å². The number of aromatic nitrogens is 1. The van der Waals surface area contributed by atoms with Crippen molar-refractivity contribution in [3.05, 3.63) is 41.1 Å². The lowest BCUT2D eigenvalue weighted by Crippen LogP contribution is -2.36. The molecule has 1 saturated carbocycles. The molecule has 1 aliphatic rings. The molecule has 158 valence electrons. The summed E-state index contributed by atoms with van der Waals surface area (Å²) < 4.78 is 17.3. The normalized spacial score (nSPS) is 14.8. The Morgan fingerprint density at radius 1 is 1.21 bits per heavy atom. The number of hydrogen-bond donors (Lipinski definition) is 2. The van der Waals surface area contributed by atoms with Gasteiger partial charge < -0.3 is 24.5 Å². The van der Waals surface area contributed by atoms with Crippen molar-refractivity contribution < 1.29 is 13.9 Å². The van der Waals surface area contributed by atoms with Crippen LogP contribution in [0.2, 0.25) is 0 Å². The fourth-order valence-corrected chi connectivity index (χ4v) is 3.38. The molecular weight excluding hydrogens is 368 g/mol. The zero-order valence-corrected chi connectivity index (χ0v) is 17.9. The van der Waals surface area contributed by atoms with E-state index in [9.17, 15) is 0 Å². The number of benzene rings is 1. The monoisotopic (exact) mass is 400 g/mol. The number of hydrogen-bond acceptors (Lipinski definition) is 5. The summed E-state index contributed by atoms with van der Waals surface area (Å²) in [6, 6.07) is 6.01. The van der Waals surface area contributed by atoms with Crippen LogP contribution in [0.4, 0.5) is 0 Å². The molecule has 0 spiro atoms. The fourth-order valence-electron chi connectivity index (χ4n) is 3.38. The van der Waals surface area contributed by atoms with Crippen molar-refractivity contribution in [3.8, 4) is 11.5 Å². The first-order valence-corrected chi connectivity index (χ1v) is 10.4. The topological polar surface area (TPSA) is 80.9 Å². The highest BCUT2D eigenvalue weighted by molar-refractivity contribution is 5.79. The number of oxazole rings is 1. The zero-order valence-electron chi connectivity index (χ0n) is 17.9. The number of nitrogens with zero attached hydrogens (tertiary/aromatic N) is 2. The molecule has 7 nitrogen and oxygen atoms in total. The standard InChI is InChI=1S/C22H32N4O3/c1-5-23-22(25-14-21-26-15(2)16(3)28-21)24-13-17-10-11-19(27-4)20(12-17)29-18-8-6-7-9-18/h10-12,18H,5-9,13-14H2,1-4H3,(H2,23,24,25). The van der Waals surface area contributed by atoms with E-state index in [-0.39, 0.29) is 6.10 Å². The van der Waals surface area contributed by atoms with Crippen molar-refractivity contribution in [2.24, 2.45) is 4.99 Å². The molecule has 0 amide bonds. The van der Waals surface area contributed by atoms with Crippen LogP contribution in [0.3, 0.4) is 0 Å². The second-order valence-corrected chi connectivity index (χ2v) is 7.31. The van der Waals surface area contributed by atoms with Crippen molar-refractivity contribution >= 4 is 5.96 Å². The highest BCUT2D eigenvalue weighted by atomic mass is 16.5. The second-order valence-electron chi connectivity index (χ2n) is 7.31. The van der Waals surface area contributed by atoms with Gasteiger partial charge in [0, 0.05) is 6.54 Å². The Kier molecular flexibility index (Phi) is 7.38. The molecule has 0 bridgehead atoms. The van der Waals surface area contributed by atoms with Gasteiger partial charge in [0.1, 0.15) is 5.76 Å². The smallest absolute Gasteiger partial charge is 0.214 e. The minimum absolute atomic E-state index is 0.286. The molecule has 1 aromatic heterocycles. The number of nitrogens with one attached hydrogen (secondary N) is 2. The van der Waals surface area contributed by atoms with Crippen LogP contribution >= 0.6 is 0 Å². The Bertz CT molecular complexity index is 806. The first kappa shape index (κ1) is 21.0. The van der Waals surface area contributed by atoms with Crippen molar-refractivity contribution in [3.63, 3.8) is 0 Å². The maximum absolute atomic E-state index is 6.19. The predicted octanol–water partition coefficient (Wildman–Crippen LogP) is 3.88. The Balaban J connectivity index is 1.65. The van der Waals surface area contributed by atoms with Gasteiger partial charge in [-0.05, 0) is 64.2 Å². The minimum atomic E-state index is 0.286. The summed E-state index contributed by atoms with van der Waals surface area (Å²) in [6.07, 6.45) is 4.98. The van der Waals surface area contributed by atoms with Crippen molar-refractivity contribution in [1.82, 2.24) is 15.6 Å². The Hall–Kier alpha value is -2.70. The van der Waals surface area contributed by atoms with Gasteiger partial charge in [-0.15, -0.1) is 0 Å². The molecule has 0 unspecified atom stereocenters. The van der Waals surface area contributed by atoms with Crippen LogP contribution in [0.1, 0.15) is 55.5 Å². The van der Waals surface area contributed by atoms with E-state index in [1.807, 2.05) is 39.0 Å². The van der Waals surface area contributed by atoms with Crippen LogP contribution in [-0.2, 0) is 13.1 Å². The Morgan fingerprint density at radius 2 is 2.00 bits per heavy atom. The van der Waals surface area contributed by atoms with E-state index < -0.39 is 0 Å². The average Bonchev–Trinajstić information content (AvgIpc) is 3.34. The molecule has 0 saturated heterocycles. The third-order valence-corrected chi connectivity index (χ3v) is 5.07. The van der Waals surface area contributed by atoms with Gasteiger partial charge in [-0.1, -0.05) is 6.07 Å². The van der Waals surface area contributed by atoms with E-state index in [1.54, 1.807) is 7.11 Å². The quantitative estimate of drug-likeness (QED) is 0.517. The molecule has 1 fully saturated rings. The summed E-state index contributed by atoms with van der Waals surface area (Å²) in [6.45, 7) is 7.69. The molecule has 1 heterocycles. The lowest BCUT2D eigenvalue weighted by molar-refractivity contribution is 0.200. The second kappa shape index (κ2) is 10.2. The third kappa shape index (κ3) is 5.89. The Labute approximate surface area is 172 Å². The number of rotatable bonds is 8. The molecule has 0 aliphatic heterocycles. The molecule has 3 rings (SSSR count). The van der Waals surface area contributed by atoms with Crippen LogP contribution in [-0.4, -0.2) is 30.7 Å². The number of methoxy groups -OCH3 is 1. The van der Waals surface area contributed by atoms with Crippen molar-refractivity contribution in [2.45, 2.75) is 65.6 Å². The summed E-state index contributed by atoms with van der Waals surface area (Å²) in [7, 11) is 1.67. The molecule has 0 atom stereocenters. The largest absolute Gasteiger partial charge is 0.493 e. The first-order valence-electron chi connectivity index (χ1n) is 10.4. The van der Waals surface area contributed by atoms with Gasteiger partial charge in [-0.3, -0.25) is 0 Å². The third-order valence-electron chi connectivity index (χ3n) is 5.07. The van der Waals surface area contributed by atoms with E-state index in [4.69, 9.17) is 13.9 Å². The van der Waals surface area contributed by atoms with E-state index in [1.165, 1.54) is 12.8 Å². The van der Waals surface area contributed by atoms with E-state index in [0.29, 0.717) is 19.0 Å². The maximum Gasteiger partial charge on any atom is 0.214 e. The van der Waals surface area contributed by atoms with E-state index in [0.717, 1.165) is 53.9 Å². The van der Waals surface area contributed by atoms with Gasteiger partial charge in [-0.2, -0.15) is 0 Å². The number of guanidine groups is 1. The van der Waals surface area contributed by atoms with E-state index >= 15 is 0 Å². The highest BCUT2D eigenvalue weighted by Crippen LogP contribution is 2.32. The van der Waals surface area contributed by atoms with Crippen LogP contribution in [0, 0.1) is 13.8 Å². The van der Waals surface area contributed by atoms with E-state index in [2.05, 4.69) is 20.6 Å².